The average Bonchev–Trinajstić information content (AvgIpc) is 3.97. The zero-order chi connectivity index (χ0) is 37.1. The van der Waals surface area contributed by atoms with Gasteiger partial charge in [0.15, 0.2) is 6.10 Å². The van der Waals surface area contributed by atoms with E-state index in [4.69, 9.17) is 9.47 Å². The quantitative estimate of drug-likeness (QED) is 0.252. The number of carbonyl (C=O) groups is 5. The number of benzene rings is 1. The van der Waals surface area contributed by atoms with Gasteiger partial charge in [-0.05, 0) is 63.6 Å². The summed E-state index contributed by atoms with van der Waals surface area (Å²) in [4.78, 5) is 74.1. The normalized spacial score (nSPS) is 24.1. The third-order valence-corrected chi connectivity index (χ3v) is 11.8. The van der Waals surface area contributed by atoms with E-state index >= 15 is 0 Å². The summed E-state index contributed by atoms with van der Waals surface area (Å²) in [5, 5.41) is 8.38. The van der Waals surface area contributed by atoms with E-state index in [2.05, 4.69) is 20.5 Å². The highest BCUT2D eigenvalue weighted by Gasteiger charge is 2.57. The molecule has 1 aromatic heterocycles. The van der Waals surface area contributed by atoms with Crippen molar-refractivity contribution in [2.45, 2.75) is 114 Å². The minimum Gasteiger partial charge on any atom is -0.469 e. The Morgan fingerprint density at radius 2 is 1.78 bits per heavy atom. The second-order valence-corrected chi connectivity index (χ2v) is 16.0. The summed E-state index contributed by atoms with van der Waals surface area (Å²) in [6, 6.07) is 9.30. The molecule has 3 aliphatic rings. The van der Waals surface area contributed by atoms with E-state index in [9.17, 15) is 24.0 Å². The first-order chi connectivity index (χ1) is 24.2. The lowest BCUT2D eigenvalue weighted by atomic mass is 9.95. The third-order valence-electron chi connectivity index (χ3n) is 10.9. The van der Waals surface area contributed by atoms with Crippen LogP contribution >= 0.6 is 11.3 Å². The van der Waals surface area contributed by atoms with E-state index in [0.717, 1.165) is 31.4 Å². The summed E-state index contributed by atoms with van der Waals surface area (Å²) in [6.07, 6.45) is 4.52. The number of aromatic nitrogens is 1. The number of hydrogen-bond donors (Lipinski definition) is 2. The lowest BCUT2D eigenvalue weighted by molar-refractivity contribution is -0.149. The zero-order valence-corrected chi connectivity index (χ0v) is 31.7. The Labute approximate surface area is 305 Å². The monoisotopic (exact) mass is 723 g/mol. The van der Waals surface area contributed by atoms with E-state index < -0.39 is 29.1 Å². The molecule has 5 rings (SSSR count). The molecule has 6 atom stereocenters. The molecule has 2 saturated carbocycles. The van der Waals surface area contributed by atoms with Crippen LogP contribution in [0.4, 0.5) is 0 Å². The first kappa shape index (κ1) is 38.4. The molecule has 2 aliphatic carbocycles. The van der Waals surface area contributed by atoms with Crippen molar-refractivity contribution in [3.05, 3.63) is 52.0 Å². The van der Waals surface area contributed by atoms with Crippen LogP contribution in [0.1, 0.15) is 112 Å². The number of ether oxygens (including phenoxy) is 2. The van der Waals surface area contributed by atoms with Gasteiger partial charge in [0.05, 0.1) is 19.1 Å². The molecule has 51 heavy (non-hydrogen) atoms. The summed E-state index contributed by atoms with van der Waals surface area (Å²) >= 11 is 1.22. The molecule has 13 heteroatoms. The van der Waals surface area contributed by atoms with Crippen LogP contribution in [0.2, 0.25) is 0 Å². The average molecular weight is 724 g/mol. The molecule has 3 fully saturated rings. The van der Waals surface area contributed by atoms with Crippen LogP contribution in [0.3, 0.4) is 0 Å². The lowest BCUT2D eigenvalue weighted by Crippen LogP contribution is -2.57. The fourth-order valence-corrected chi connectivity index (χ4v) is 8.57. The maximum atomic E-state index is 14.0. The lowest BCUT2D eigenvalue weighted by Gasteiger charge is -2.37. The van der Waals surface area contributed by atoms with Crippen LogP contribution < -0.4 is 10.6 Å². The van der Waals surface area contributed by atoms with Crippen LogP contribution in [0.5, 0.6) is 0 Å². The number of likely N-dealkylation sites (N-methyl/N-ethyl adjacent to an activating group) is 2. The highest BCUT2D eigenvalue weighted by Crippen LogP contribution is 2.55. The van der Waals surface area contributed by atoms with Crippen molar-refractivity contribution in [3.8, 4) is 0 Å². The summed E-state index contributed by atoms with van der Waals surface area (Å²) < 4.78 is 10.8. The number of thiazole rings is 1. The van der Waals surface area contributed by atoms with E-state index in [-0.39, 0.29) is 59.7 Å². The van der Waals surface area contributed by atoms with Crippen molar-refractivity contribution in [1.82, 2.24) is 25.4 Å². The third kappa shape index (κ3) is 8.80. The number of rotatable bonds is 15. The fraction of sp³-hybridized carbons (Fsp3) is 0.632. The zero-order valence-electron chi connectivity index (χ0n) is 30.9. The second-order valence-electron chi connectivity index (χ2n) is 15.1. The van der Waals surface area contributed by atoms with Gasteiger partial charge in [0, 0.05) is 43.3 Å². The topological polar surface area (TPSA) is 147 Å². The SMILES string of the molecule is COC(=O)[C@@H](C)CC1(NC(=O)c2csc([C@@H](C[C@H](C(C)C)N(C)C(=O)C3(NC(=O)[C@H]4CCCCN4C)CC3)OC(C)=O)n2)CC1c1ccccc1. The highest BCUT2D eigenvalue weighted by molar-refractivity contribution is 7.09. The van der Waals surface area contributed by atoms with Crippen LogP contribution in [0.15, 0.2) is 35.7 Å². The minimum atomic E-state index is -0.928. The largest absolute Gasteiger partial charge is 0.469 e. The van der Waals surface area contributed by atoms with Crippen molar-refractivity contribution in [1.29, 1.82) is 0 Å². The number of nitrogens with one attached hydrogen (secondary N) is 2. The number of amides is 3. The van der Waals surface area contributed by atoms with Crippen molar-refractivity contribution in [2.24, 2.45) is 11.8 Å². The van der Waals surface area contributed by atoms with Gasteiger partial charge in [0.2, 0.25) is 11.8 Å². The van der Waals surface area contributed by atoms with Crippen LogP contribution in [0, 0.1) is 11.8 Å². The van der Waals surface area contributed by atoms with Gasteiger partial charge in [0.25, 0.3) is 5.91 Å². The molecule has 12 nitrogen and oxygen atoms in total. The number of hydrogen-bond acceptors (Lipinski definition) is 10. The second kappa shape index (κ2) is 15.8. The summed E-state index contributed by atoms with van der Waals surface area (Å²) in [5.41, 5.74) is -0.301. The van der Waals surface area contributed by atoms with Crippen LogP contribution in [-0.4, -0.2) is 95.4 Å². The highest BCUT2D eigenvalue weighted by atomic mass is 32.1. The Bertz CT molecular complexity index is 1590. The van der Waals surface area contributed by atoms with Gasteiger partial charge in [-0.25, -0.2) is 4.98 Å². The number of esters is 2. The van der Waals surface area contributed by atoms with E-state index in [1.54, 1.807) is 24.3 Å². The van der Waals surface area contributed by atoms with Gasteiger partial charge in [-0.2, -0.15) is 0 Å². The van der Waals surface area contributed by atoms with E-state index in [1.165, 1.54) is 25.4 Å². The molecule has 1 aliphatic heterocycles. The van der Waals surface area contributed by atoms with Crippen LogP contribution in [0.25, 0.3) is 0 Å². The Hall–Kier alpha value is -3.84. The van der Waals surface area contributed by atoms with Gasteiger partial charge in [0.1, 0.15) is 16.2 Å². The van der Waals surface area contributed by atoms with Crippen molar-refractivity contribution >= 4 is 41.0 Å². The smallest absolute Gasteiger partial charge is 0.308 e. The predicted molar refractivity (Wildman–Crippen MR) is 193 cm³/mol. The van der Waals surface area contributed by atoms with Gasteiger partial charge >= 0.3 is 11.9 Å². The van der Waals surface area contributed by atoms with Gasteiger partial charge < -0.3 is 25.0 Å². The first-order valence-corrected chi connectivity index (χ1v) is 19.0. The molecule has 278 valence electrons. The van der Waals surface area contributed by atoms with Gasteiger partial charge in [-0.3, -0.25) is 28.9 Å². The Morgan fingerprint density at radius 1 is 1.08 bits per heavy atom. The Kier molecular flexibility index (Phi) is 11.9. The molecular formula is C38H53N5O7S. The number of piperidine rings is 1. The molecule has 1 aromatic carbocycles. The predicted octanol–water partition coefficient (Wildman–Crippen LogP) is 4.61. The molecule has 0 spiro atoms. The maximum absolute atomic E-state index is 14.0. The molecule has 0 bridgehead atoms. The Balaban J connectivity index is 1.30. The maximum Gasteiger partial charge on any atom is 0.308 e. The molecular weight excluding hydrogens is 671 g/mol. The van der Waals surface area contributed by atoms with Gasteiger partial charge in [-0.1, -0.05) is 57.5 Å². The number of carbonyl (C=O) groups excluding carboxylic acids is 5. The van der Waals surface area contributed by atoms with Crippen molar-refractivity contribution < 1.29 is 33.4 Å². The fourth-order valence-electron chi connectivity index (χ4n) is 7.73. The van der Waals surface area contributed by atoms with E-state index in [0.29, 0.717) is 30.7 Å². The van der Waals surface area contributed by atoms with E-state index in [1.807, 2.05) is 51.2 Å². The molecule has 2 unspecified atom stereocenters. The molecule has 2 aromatic rings. The number of nitrogens with zero attached hydrogens (tertiary/aromatic N) is 3. The minimum absolute atomic E-state index is 0.0165. The molecule has 1 saturated heterocycles. The number of likely N-dealkylation sites (tertiary alicyclic amines) is 1. The number of methoxy groups -OCH3 is 1. The standard InChI is InChI=1S/C38H53N5O7S/c1-23(2)30(43(6)36(48)37(16-17-37)41-33(46)29-15-11-12-18-42(29)5)19-31(50-25(4)44)34-39-28(22-51-34)32(45)40-38(20-24(3)35(47)49-7)21-27(38)26-13-9-8-10-14-26/h8-10,13-14,22-24,27,29-31H,11-12,15-21H2,1-7H3,(H,40,45)(H,41,46)/t24-,27?,29+,30+,31+,38?/m0/s1. The molecule has 0 radical (unpaired) electrons. The molecule has 2 heterocycles. The molecule has 2 N–H and O–H groups in total. The molecule has 3 amide bonds. The van der Waals surface area contributed by atoms with Crippen LogP contribution in [-0.2, 0) is 28.7 Å². The van der Waals surface area contributed by atoms with Gasteiger partial charge in [-0.15, -0.1) is 11.3 Å². The summed E-state index contributed by atoms with van der Waals surface area (Å²) in [5.74, 6) is -1.88. The summed E-state index contributed by atoms with van der Waals surface area (Å²) in [7, 11) is 5.05. The first-order valence-electron chi connectivity index (χ1n) is 18.1. The summed E-state index contributed by atoms with van der Waals surface area (Å²) in [6.45, 7) is 7.99. The van der Waals surface area contributed by atoms with Crippen molar-refractivity contribution in [2.75, 3.05) is 27.7 Å². The Morgan fingerprint density at radius 3 is 2.39 bits per heavy atom. The van der Waals surface area contributed by atoms with Crippen molar-refractivity contribution in [3.63, 3.8) is 0 Å².